The highest BCUT2D eigenvalue weighted by atomic mass is 79.9. The molecule has 1 N–H and O–H groups in total. The molecule has 0 atom stereocenters. The summed E-state index contributed by atoms with van der Waals surface area (Å²) in [5.74, 6) is 3.63. The first-order valence-corrected chi connectivity index (χ1v) is 38.7. The third kappa shape index (κ3) is 11.5. The number of hydrogen-bond donors (Lipinski definition) is 1. The zero-order valence-corrected chi connectivity index (χ0v) is 62.1. The Morgan fingerprint density at radius 2 is 0.568 bits per heavy atom. The molecule has 0 fully saturated rings. The van der Waals surface area contributed by atoms with Crippen LogP contribution in [0.3, 0.4) is 0 Å². The molecule has 0 amide bonds. The van der Waals surface area contributed by atoms with E-state index in [9.17, 15) is 0 Å². The Hall–Kier alpha value is -13.8. The summed E-state index contributed by atoms with van der Waals surface area (Å²) in [6.07, 6.45) is 0. The first-order valence-electron chi connectivity index (χ1n) is 37.9. The summed E-state index contributed by atoms with van der Waals surface area (Å²) in [4.78, 5) is 2.43. The molecule has 2 heterocycles. The van der Waals surface area contributed by atoms with Crippen molar-refractivity contribution in [3.63, 3.8) is 0 Å². The van der Waals surface area contributed by atoms with Gasteiger partial charge in [0, 0.05) is 60.6 Å². The highest BCUT2D eigenvalue weighted by molar-refractivity contribution is 9.10. The second-order valence-corrected chi connectivity index (χ2v) is 29.6. The lowest BCUT2D eigenvalue weighted by Gasteiger charge is -2.40. The summed E-state index contributed by atoms with van der Waals surface area (Å²) in [5, 5.41) is 8.54. The summed E-state index contributed by atoms with van der Waals surface area (Å²) in [7, 11) is 0. The summed E-state index contributed by atoms with van der Waals surface area (Å²) in [5.41, 5.74) is 29.0. The highest BCUT2D eigenvalue weighted by Crippen LogP contribution is 2.65. The van der Waals surface area contributed by atoms with Crippen LogP contribution in [-0.4, -0.2) is 0 Å². The van der Waals surface area contributed by atoms with Crippen LogP contribution < -0.4 is 19.7 Å². The van der Waals surface area contributed by atoms with Gasteiger partial charge in [-0.15, -0.1) is 0 Å². The van der Waals surface area contributed by atoms with E-state index in [0.717, 1.165) is 67.0 Å². The van der Waals surface area contributed by atoms with E-state index < -0.39 is 10.8 Å². The van der Waals surface area contributed by atoms with Crippen molar-refractivity contribution in [1.82, 2.24) is 0 Å². The Morgan fingerprint density at radius 3 is 1.05 bits per heavy atom. The molecule has 0 bridgehead atoms. The molecule has 18 aromatic carbocycles. The second-order valence-electron chi connectivity index (χ2n) is 28.7. The van der Waals surface area contributed by atoms with E-state index in [4.69, 9.17) is 9.47 Å². The largest absolute Gasteiger partial charge is 0.457 e. The molecule has 2 aliphatic carbocycles. The summed E-state index contributed by atoms with van der Waals surface area (Å²) in [6.45, 7) is 0. The molecule has 2 spiro atoms. The van der Waals surface area contributed by atoms with E-state index in [1.165, 1.54) is 122 Å². The van der Waals surface area contributed by atoms with Crippen LogP contribution in [0.5, 0.6) is 23.0 Å². The molecule has 0 aromatic heterocycles. The first-order chi connectivity index (χ1) is 54.9. The number of rotatable bonds is 9. The fourth-order valence-corrected chi connectivity index (χ4v) is 18.0. The maximum absolute atomic E-state index is 6.70. The van der Waals surface area contributed by atoms with E-state index >= 15 is 0 Å². The number of nitrogens with zero attached hydrogens (tertiary/aromatic N) is 1. The van der Waals surface area contributed by atoms with Crippen molar-refractivity contribution in [1.29, 1.82) is 0 Å². The maximum Gasteiger partial charge on any atom is 0.132 e. The van der Waals surface area contributed by atoms with Gasteiger partial charge in [-0.25, -0.2) is 0 Å². The van der Waals surface area contributed by atoms with Gasteiger partial charge in [0.15, 0.2) is 0 Å². The van der Waals surface area contributed by atoms with Crippen molar-refractivity contribution in [2.24, 2.45) is 0 Å². The van der Waals surface area contributed by atoms with Crippen molar-refractivity contribution in [3.05, 3.63) is 474 Å². The Morgan fingerprint density at radius 1 is 0.225 bits per heavy atom. The molecule has 111 heavy (non-hydrogen) atoms. The molecular formula is C106H71BrN2O2. The molecular weight excluding hydrogens is 1410 g/mol. The molecule has 22 rings (SSSR count). The molecule has 4 nitrogen and oxygen atoms in total. The molecule has 2 aliphatic heterocycles. The van der Waals surface area contributed by atoms with Gasteiger partial charge in [-0.3, -0.25) is 0 Å². The fraction of sp³-hybridized carbons (Fsp3) is 0.0189. The molecule has 0 saturated heterocycles. The average Bonchev–Trinajstić information content (AvgIpc) is 1.55. The molecule has 524 valence electrons. The number of halogens is 1. The predicted molar refractivity (Wildman–Crippen MR) is 463 cm³/mol. The Bertz CT molecular complexity index is 6470. The number of para-hydroxylation sites is 6. The van der Waals surface area contributed by atoms with Crippen molar-refractivity contribution in [2.75, 3.05) is 10.2 Å². The van der Waals surface area contributed by atoms with Crippen LogP contribution in [0.1, 0.15) is 44.5 Å². The summed E-state index contributed by atoms with van der Waals surface area (Å²) < 4.78 is 14.2. The van der Waals surface area contributed by atoms with Crippen LogP contribution in [0.25, 0.3) is 88.3 Å². The summed E-state index contributed by atoms with van der Waals surface area (Å²) >= 11 is 3.75. The van der Waals surface area contributed by atoms with Crippen molar-refractivity contribution >= 4 is 65.9 Å². The van der Waals surface area contributed by atoms with Gasteiger partial charge >= 0.3 is 0 Å². The maximum atomic E-state index is 6.70. The van der Waals surface area contributed by atoms with E-state index in [1.54, 1.807) is 0 Å². The molecule has 4 aliphatic rings. The van der Waals surface area contributed by atoms with E-state index in [1.807, 2.05) is 12.1 Å². The summed E-state index contributed by atoms with van der Waals surface area (Å²) in [6, 6.07) is 152. The Balaban J connectivity index is 0.000000121. The molecule has 5 heteroatoms. The van der Waals surface area contributed by atoms with Gasteiger partial charge in [-0.1, -0.05) is 331 Å². The number of fused-ring (bicyclic) bond motifs is 20. The second kappa shape index (κ2) is 28.1. The first kappa shape index (κ1) is 66.6. The van der Waals surface area contributed by atoms with Gasteiger partial charge in [0.2, 0.25) is 0 Å². The van der Waals surface area contributed by atoms with Crippen molar-refractivity contribution in [3.8, 4) is 89.8 Å². The van der Waals surface area contributed by atoms with Crippen LogP contribution in [0, 0.1) is 0 Å². The molecule has 0 unspecified atom stereocenters. The SMILES string of the molecule is Brc1ccc2c(c1)C1(c3ccccc3Oc3ccccc31)c1cc3ccccc3cc1-2.c1ccc(-c2ccc(N(c3ccc4c(c3)C3(c5ccccc5Oc5ccccc53)c3cc5ccccc5cc3-4)c3ccccc3-c3ccccc3)cc2)cc1.c1ccc(-c2ccc(Nc3ccccc3-c3ccccc3)cc2)cc1. The quantitative estimate of drug-likeness (QED) is 0.156. The molecule has 18 aromatic rings. The van der Waals surface area contributed by atoms with E-state index in [-0.39, 0.29) is 0 Å². The predicted octanol–water partition coefficient (Wildman–Crippen LogP) is 28.9. The minimum atomic E-state index is -0.599. The smallest absolute Gasteiger partial charge is 0.132 e. The van der Waals surface area contributed by atoms with Crippen LogP contribution in [0.2, 0.25) is 0 Å². The van der Waals surface area contributed by atoms with Gasteiger partial charge in [-0.2, -0.15) is 0 Å². The third-order valence-corrected chi connectivity index (χ3v) is 23.1. The van der Waals surface area contributed by atoms with E-state index in [2.05, 4.69) is 439 Å². The molecule has 0 saturated carbocycles. The standard InChI is InChI=1S/C53H35NO.C29H17BrO.C24H19N/c1-3-15-36(16-4-1)37-27-29-41(30-28-37)54(50-24-12-9-21-43(50)38-17-5-2-6-18-38)42-31-32-44-45-33-39-19-7-8-20-40(39)34-48(45)53(49(44)35-42)46-22-10-13-25-51(46)55-52-26-14-11-23-47(52)53;30-20-13-14-21-22-15-18-7-1-2-8-19(18)16-25(22)29(26(21)17-20)23-9-3-5-11-27(23)31-28-12-6-4-10-24(28)29;1-3-9-19(10-4-1)20-15-17-22(18-16-20)25-24-14-8-7-13-23(24)21-11-5-2-6-12-21/h1-35H;1-17H;1-18,25H. The minimum absolute atomic E-state index is 0.413. The van der Waals surface area contributed by atoms with Crippen LogP contribution >= 0.6 is 15.9 Å². The number of ether oxygens (including phenoxy) is 2. The van der Waals surface area contributed by atoms with Crippen molar-refractivity contribution in [2.45, 2.75) is 10.8 Å². The van der Waals surface area contributed by atoms with Crippen LogP contribution in [0.15, 0.2) is 429 Å². The third-order valence-electron chi connectivity index (χ3n) is 22.6. The van der Waals surface area contributed by atoms with Gasteiger partial charge in [0.25, 0.3) is 0 Å². The normalized spacial score (nSPS) is 12.8. The fourth-order valence-electron chi connectivity index (χ4n) is 17.6. The topological polar surface area (TPSA) is 33.7 Å². The minimum Gasteiger partial charge on any atom is -0.457 e. The monoisotopic (exact) mass is 1480 g/mol. The lowest BCUT2D eigenvalue weighted by Crippen LogP contribution is -2.32. The highest BCUT2D eigenvalue weighted by Gasteiger charge is 2.53. The zero-order chi connectivity index (χ0) is 73.8. The molecule has 0 radical (unpaired) electrons. The van der Waals surface area contributed by atoms with Gasteiger partial charge in [0.1, 0.15) is 23.0 Å². The average molecular weight is 1480 g/mol. The van der Waals surface area contributed by atoms with Gasteiger partial charge in [0.05, 0.1) is 16.5 Å². The van der Waals surface area contributed by atoms with Gasteiger partial charge in [-0.05, 0) is 209 Å². The lowest BCUT2D eigenvalue weighted by molar-refractivity contribution is 0.436. The van der Waals surface area contributed by atoms with Gasteiger partial charge < -0.3 is 19.7 Å². The lowest BCUT2D eigenvalue weighted by atomic mass is 9.66. The number of nitrogens with one attached hydrogen (secondary N) is 1. The number of anilines is 5. The number of hydrogen-bond acceptors (Lipinski definition) is 4. The van der Waals surface area contributed by atoms with Crippen LogP contribution in [-0.2, 0) is 10.8 Å². The zero-order valence-electron chi connectivity index (χ0n) is 60.6. The van der Waals surface area contributed by atoms with E-state index in [0.29, 0.717) is 0 Å². The Kier molecular flexibility index (Phi) is 16.8. The Labute approximate surface area is 655 Å². The van der Waals surface area contributed by atoms with Crippen molar-refractivity contribution < 1.29 is 9.47 Å². The number of benzene rings is 18. The van der Waals surface area contributed by atoms with Crippen LogP contribution in [0.4, 0.5) is 28.4 Å².